The van der Waals surface area contributed by atoms with Crippen LogP contribution in [0.4, 0.5) is 11.4 Å². The van der Waals surface area contributed by atoms with Crippen molar-refractivity contribution in [2.75, 3.05) is 37.4 Å². The molecule has 0 radical (unpaired) electrons. The van der Waals surface area contributed by atoms with Crippen molar-refractivity contribution >= 4 is 23.2 Å². The number of benzene rings is 3. The van der Waals surface area contributed by atoms with Crippen LogP contribution in [-0.2, 0) is 4.79 Å². The number of hydrogen-bond acceptors (Lipinski definition) is 3. The van der Waals surface area contributed by atoms with Crippen LogP contribution in [0.25, 0.3) is 0 Å². The maximum absolute atomic E-state index is 13.4. The summed E-state index contributed by atoms with van der Waals surface area (Å²) >= 11 is 0. The number of hydrogen-bond donors (Lipinski definition) is 1. The maximum Gasteiger partial charge on any atom is 0.256 e. The molecule has 0 saturated carbocycles. The quantitative estimate of drug-likeness (QED) is 0.548. The first-order valence-electron chi connectivity index (χ1n) is 11.0. The van der Waals surface area contributed by atoms with Crippen LogP contribution < -0.4 is 10.2 Å². The zero-order valence-electron chi connectivity index (χ0n) is 19.2. The van der Waals surface area contributed by atoms with Crippen molar-refractivity contribution in [2.24, 2.45) is 0 Å². The van der Waals surface area contributed by atoms with E-state index in [2.05, 4.69) is 5.32 Å². The average Bonchev–Trinajstić information content (AvgIpc) is 2.81. The second-order valence-corrected chi connectivity index (χ2v) is 7.85. The summed E-state index contributed by atoms with van der Waals surface area (Å²) in [5, 5.41) is 3.05. The first-order chi connectivity index (χ1) is 15.5. The second-order valence-electron chi connectivity index (χ2n) is 7.85. The van der Waals surface area contributed by atoms with E-state index in [1.165, 1.54) is 0 Å². The molecule has 1 N–H and O–H groups in total. The molecule has 3 rings (SSSR count). The van der Waals surface area contributed by atoms with E-state index in [-0.39, 0.29) is 11.8 Å². The van der Waals surface area contributed by atoms with E-state index in [9.17, 15) is 9.59 Å². The van der Waals surface area contributed by atoms with Gasteiger partial charge in [0.05, 0.1) is 11.5 Å². The molecule has 0 aromatic heterocycles. The van der Waals surface area contributed by atoms with Gasteiger partial charge in [0.2, 0.25) is 5.91 Å². The minimum Gasteiger partial charge on any atom is -0.377 e. The summed E-state index contributed by atoms with van der Waals surface area (Å²) < 4.78 is 0. The predicted molar refractivity (Wildman–Crippen MR) is 131 cm³/mol. The lowest BCUT2D eigenvalue weighted by molar-refractivity contribution is -0.116. The lowest BCUT2D eigenvalue weighted by Gasteiger charge is -2.24. The molecule has 2 amide bonds. The molecule has 0 aliphatic carbocycles. The van der Waals surface area contributed by atoms with Gasteiger partial charge >= 0.3 is 0 Å². The molecular weight excluding hydrogens is 398 g/mol. The SMILES string of the molecule is CCN(CC)C(=O)c1cc(NC(=O)C(c2ccccc2)c2ccccc2)ccc1N(C)C. The molecule has 3 aromatic carbocycles. The Balaban J connectivity index is 1.96. The van der Waals surface area contributed by atoms with Gasteiger partial charge in [0.1, 0.15) is 0 Å². The molecule has 0 saturated heterocycles. The van der Waals surface area contributed by atoms with E-state index in [1.807, 2.05) is 106 Å². The summed E-state index contributed by atoms with van der Waals surface area (Å²) in [6.07, 6.45) is 0. The number of anilines is 2. The highest BCUT2D eigenvalue weighted by Crippen LogP contribution is 2.28. The molecule has 5 heteroatoms. The van der Waals surface area contributed by atoms with Gasteiger partial charge in [-0.15, -0.1) is 0 Å². The van der Waals surface area contributed by atoms with Gasteiger partial charge in [-0.25, -0.2) is 0 Å². The monoisotopic (exact) mass is 429 g/mol. The Morgan fingerprint density at radius 3 is 1.81 bits per heavy atom. The zero-order chi connectivity index (χ0) is 23.1. The van der Waals surface area contributed by atoms with Gasteiger partial charge in [-0.05, 0) is 43.2 Å². The first kappa shape index (κ1) is 23.1. The van der Waals surface area contributed by atoms with Gasteiger partial charge in [0, 0.05) is 38.6 Å². The predicted octanol–water partition coefficient (Wildman–Crippen LogP) is 5.01. The van der Waals surface area contributed by atoms with Crippen LogP contribution in [0, 0.1) is 0 Å². The van der Waals surface area contributed by atoms with E-state index in [4.69, 9.17) is 0 Å². The van der Waals surface area contributed by atoms with Crippen LogP contribution in [0.5, 0.6) is 0 Å². The molecule has 0 heterocycles. The van der Waals surface area contributed by atoms with Crippen LogP contribution in [0.3, 0.4) is 0 Å². The molecule has 0 aliphatic heterocycles. The molecule has 0 aliphatic rings. The van der Waals surface area contributed by atoms with Crippen molar-refractivity contribution in [1.29, 1.82) is 0 Å². The summed E-state index contributed by atoms with van der Waals surface area (Å²) in [7, 11) is 3.82. The van der Waals surface area contributed by atoms with Crippen LogP contribution in [-0.4, -0.2) is 43.9 Å². The van der Waals surface area contributed by atoms with E-state index in [1.54, 1.807) is 11.0 Å². The Morgan fingerprint density at radius 2 is 1.34 bits per heavy atom. The average molecular weight is 430 g/mol. The lowest BCUT2D eigenvalue weighted by Crippen LogP contribution is -2.32. The van der Waals surface area contributed by atoms with Gasteiger partial charge < -0.3 is 15.1 Å². The highest BCUT2D eigenvalue weighted by Gasteiger charge is 2.24. The van der Waals surface area contributed by atoms with Gasteiger partial charge in [-0.1, -0.05) is 60.7 Å². The number of carbonyl (C=O) groups excluding carboxylic acids is 2. The van der Waals surface area contributed by atoms with Crippen molar-refractivity contribution < 1.29 is 9.59 Å². The molecule has 0 atom stereocenters. The summed E-state index contributed by atoms with van der Waals surface area (Å²) in [6, 6.07) is 25.0. The summed E-state index contributed by atoms with van der Waals surface area (Å²) in [4.78, 5) is 30.3. The molecule has 0 unspecified atom stereocenters. The smallest absolute Gasteiger partial charge is 0.256 e. The van der Waals surface area contributed by atoms with E-state index >= 15 is 0 Å². The van der Waals surface area contributed by atoms with Crippen LogP contribution in [0.15, 0.2) is 78.9 Å². The van der Waals surface area contributed by atoms with Gasteiger partial charge in [0.15, 0.2) is 0 Å². The van der Waals surface area contributed by atoms with Crippen molar-refractivity contribution in [3.63, 3.8) is 0 Å². The van der Waals surface area contributed by atoms with E-state index < -0.39 is 5.92 Å². The molecule has 3 aromatic rings. The van der Waals surface area contributed by atoms with Crippen LogP contribution >= 0.6 is 0 Å². The third kappa shape index (κ3) is 5.17. The summed E-state index contributed by atoms with van der Waals surface area (Å²) in [5.41, 5.74) is 3.84. The van der Waals surface area contributed by atoms with Crippen LogP contribution in [0.2, 0.25) is 0 Å². The van der Waals surface area contributed by atoms with Crippen molar-refractivity contribution in [1.82, 2.24) is 4.90 Å². The highest BCUT2D eigenvalue weighted by molar-refractivity contribution is 6.03. The highest BCUT2D eigenvalue weighted by atomic mass is 16.2. The van der Waals surface area contributed by atoms with Crippen molar-refractivity contribution in [2.45, 2.75) is 19.8 Å². The fourth-order valence-electron chi connectivity index (χ4n) is 3.86. The Labute approximate surface area is 190 Å². The topological polar surface area (TPSA) is 52.7 Å². The fraction of sp³-hybridized carbons (Fsp3) is 0.259. The van der Waals surface area contributed by atoms with Gasteiger partial charge in [-0.2, -0.15) is 0 Å². The largest absolute Gasteiger partial charge is 0.377 e. The maximum atomic E-state index is 13.4. The molecular formula is C27H31N3O2. The summed E-state index contributed by atoms with van der Waals surface area (Å²) in [6.45, 7) is 5.19. The third-order valence-corrected chi connectivity index (χ3v) is 5.55. The molecule has 32 heavy (non-hydrogen) atoms. The third-order valence-electron chi connectivity index (χ3n) is 5.55. The van der Waals surface area contributed by atoms with Crippen molar-refractivity contribution in [3.05, 3.63) is 95.6 Å². The Hall–Kier alpha value is -3.60. The van der Waals surface area contributed by atoms with E-state index in [0.717, 1.165) is 16.8 Å². The number of amides is 2. The van der Waals surface area contributed by atoms with Gasteiger partial charge in [-0.3, -0.25) is 9.59 Å². The Kier molecular flexibility index (Phi) is 7.66. The Morgan fingerprint density at radius 1 is 0.812 bits per heavy atom. The van der Waals surface area contributed by atoms with Crippen molar-refractivity contribution in [3.8, 4) is 0 Å². The van der Waals surface area contributed by atoms with E-state index in [0.29, 0.717) is 24.3 Å². The Bertz CT molecular complexity index is 1010. The number of rotatable bonds is 8. The fourth-order valence-corrected chi connectivity index (χ4v) is 3.86. The number of nitrogens with zero attached hydrogens (tertiary/aromatic N) is 2. The zero-order valence-corrected chi connectivity index (χ0v) is 19.2. The molecule has 0 fully saturated rings. The minimum absolute atomic E-state index is 0.0440. The second kappa shape index (κ2) is 10.6. The van der Waals surface area contributed by atoms with Gasteiger partial charge in [0.25, 0.3) is 5.91 Å². The molecule has 166 valence electrons. The minimum atomic E-state index is -0.451. The van der Waals surface area contributed by atoms with Crippen LogP contribution in [0.1, 0.15) is 41.3 Å². The summed E-state index contributed by atoms with van der Waals surface area (Å²) in [5.74, 6) is -0.633. The number of nitrogens with one attached hydrogen (secondary N) is 1. The lowest BCUT2D eigenvalue weighted by atomic mass is 9.90. The standard InChI is InChI=1S/C27H31N3O2/c1-5-30(6-2)27(32)23-19-22(17-18-24(23)29(3)4)28-26(31)25(20-13-9-7-10-14-20)21-15-11-8-12-16-21/h7-19,25H,5-6H2,1-4H3,(H,28,31). The number of carbonyl (C=O) groups is 2. The first-order valence-corrected chi connectivity index (χ1v) is 11.0. The molecule has 0 spiro atoms. The molecule has 5 nitrogen and oxygen atoms in total. The normalized spacial score (nSPS) is 10.7. The molecule has 0 bridgehead atoms.